The molecule has 0 fully saturated rings. The van der Waals surface area contributed by atoms with Crippen molar-refractivity contribution < 1.29 is 9.53 Å². The van der Waals surface area contributed by atoms with E-state index < -0.39 is 5.97 Å². The highest BCUT2D eigenvalue weighted by atomic mass is 16.5. The second-order valence-corrected chi connectivity index (χ2v) is 5.32. The van der Waals surface area contributed by atoms with Crippen LogP contribution in [0.2, 0.25) is 0 Å². The summed E-state index contributed by atoms with van der Waals surface area (Å²) in [5, 5.41) is 12.3. The van der Waals surface area contributed by atoms with Crippen LogP contribution in [-0.2, 0) is 18.3 Å². The SMILES string of the molecule is CCOC(=O)c1nnn(CCC(C)C)c1-c1cnn(C)c1. The Bertz CT molecular complexity index is 615. The second kappa shape index (κ2) is 6.51. The van der Waals surface area contributed by atoms with Gasteiger partial charge in [0.15, 0.2) is 5.69 Å². The molecule has 0 atom stereocenters. The highest BCUT2D eigenvalue weighted by molar-refractivity contribution is 5.93. The van der Waals surface area contributed by atoms with Gasteiger partial charge in [-0.05, 0) is 19.3 Å². The minimum Gasteiger partial charge on any atom is -0.461 e. The maximum absolute atomic E-state index is 12.0. The zero-order valence-electron chi connectivity index (χ0n) is 12.9. The van der Waals surface area contributed by atoms with Crippen molar-refractivity contribution in [1.29, 1.82) is 0 Å². The molecule has 2 rings (SSSR count). The van der Waals surface area contributed by atoms with Crippen LogP contribution in [0, 0.1) is 5.92 Å². The number of hydrogen-bond acceptors (Lipinski definition) is 5. The molecule has 0 bridgehead atoms. The van der Waals surface area contributed by atoms with Gasteiger partial charge in [0.2, 0.25) is 0 Å². The number of carbonyl (C=O) groups is 1. The average Bonchev–Trinajstić information content (AvgIpc) is 3.02. The summed E-state index contributed by atoms with van der Waals surface area (Å²) < 4.78 is 8.49. The Hall–Kier alpha value is -2.18. The zero-order chi connectivity index (χ0) is 15.4. The molecule has 0 saturated heterocycles. The Morgan fingerprint density at radius 1 is 1.43 bits per heavy atom. The van der Waals surface area contributed by atoms with Crippen molar-refractivity contribution in [2.75, 3.05) is 6.61 Å². The largest absolute Gasteiger partial charge is 0.461 e. The molecular formula is C14H21N5O2. The third kappa shape index (κ3) is 3.48. The van der Waals surface area contributed by atoms with Gasteiger partial charge >= 0.3 is 5.97 Å². The molecule has 0 aliphatic rings. The summed E-state index contributed by atoms with van der Waals surface area (Å²) in [6.45, 7) is 7.07. The topological polar surface area (TPSA) is 74.8 Å². The van der Waals surface area contributed by atoms with Crippen LogP contribution in [-0.4, -0.2) is 37.4 Å². The molecular weight excluding hydrogens is 270 g/mol. The number of esters is 1. The van der Waals surface area contributed by atoms with E-state index in [4.69, 9.17) is 4.74 Å². The number of aryl methyl sites for hydroxylation is 2. The molecule has 2 heterocycles. The summed E-state index contributed by atoms with van der Waals surface area (Å²) in [5.41, 5.74) is 1.73. The van der Waals surface area contributed by atoms with Crippen LogP contribution in [0.15, 0.2) is 12.4 Å². The van der Waals surface area contributed by atoms with Crippen molar-refractivity contribution in [2.45, 2.75) is 33.7 Å². The number of carbonyl (C=O) groups excluding carboxylic acids is 1. The van der Waals surface area contributed by atoms with E-state index in [2.05, 4.69) is 29.3 Å². The monoisotopic (exact) mass is 291 g/mol. The lowest BCUT2D eigenvalue weighted by Gasteiger charge is -2.08. The molecule has 114 valence electrons. The smallest absolute Gasteiger partial charge is 0.361 e. The fourth-order valence-electron chi connectivity index (χ4n) is 2.02. The number of nitrogens with zero attached hydrogens (tertiary/aromatic N) is 5. The highest BCUT2D eigenvalue weighted by Gasteiger charge is 2.23. The van der Waals surface area contributed by atoms with Crippen molar-refractivity contribution >= 4 is 5.97 Å². The van der Waals surface area contributed by atoms with Crippen LogP contribution in [0.3, 0.4) is 0 Å². The summed E-state index contributed by atoms with van der Waals surface area (Å²) in [5.74, 6) is 0.0918. The molecule has 0 spiro atoms. The molecule has 0 amide bonds. The summed E-state index contributed by atoms with van der Waals surface area (Å²) in [4.78, 5) is 12.0. The summed E-state index contributed by atoms with van der Waals surface area (Å²) in [6.07, 6.45) is 4.50. The van der Waals surface area contributed by atoms with Gasteiger partial charge in [-0.3, -0.25) is 4.68 Å². The van der Waals surface area contributed by atoms with Gasteiger partial charge in [0.25, 0.3) is 0 Å². The molecule has 7 nitrogen and oxygen atoms in total. The van der Waals surface area contributed by atoms with Crippen molar-refractivity contribution in [2.24, 2.45) is 13.0 Å². The number of ether oxygens (including phenoxy) is 1. The molecule has 0 aromatic carbocycles. The van der Waals surface area contributed by atoms with Gasteiger partial charge in [-0.1, -0.05) is 19.1 Å². The third-order valence-corrected chi connectivity index (χ3v) is 3.10. The molecule has 2 aromatic heterocycles. The fraction of sp³-hybridized carbons (Fsp3) is 0.571. The molecule has 2 aromatic rings. The Kier molecular flexibility index (Phi) is 4.72. The molecule has 0 N–H and O–H groups in total. The van der Waals surface area contributed by atoms with E-state index in [0.29, 0.717) is 24.8 Å². The van der Waals surface area contributed by atoms with Crippen LogP contribution in [0.4, 0.5) is 0 Å². The van der Waals surface area contributed by atoms with Crippen LogP contribution >= 0.6 is 0 Å². The zero-order valence-corrected chi connectivity index (χ0v) is 12.9. The van der Waals surface area contributed by atoms with E-state index in [0.717, 1.165) is 12.0 Å². The van der Waals surface area contributed by atoms with E-state index in [1.807, 2.05) is 13.2 Å². The van der Waals surface area contributed by atoms with Crippen molar-refractivity contribution in [3.05, 3.63) is 18.1 Å². The van der Waals surface area contributed by atoms with E-state index in [1.54, 1.807) is 22.5 Å². The minimum atomic E-state index is -0.452. The first-order valence-corrected chi connectivity index (χ1v) is 7.12. The van der Waals surface area contributed by atoms with E-state index in [9.17, 15) is 4.79 Å². The van der Waals surface area contributed by atoms with Gasteiger partial charge in [-0.2, -0.15) is 5.10 Å². The number of rotatable bonds is 6. The van der Waals surface area contributed by atoms with Crippen molar-refractivity contribution in [1.82, 2.24) is 24.8 Å². The summed E-state index contributed by atoms with van der Waals surface area (Å²) >= 11 is 0. The third-order valence-electron chi connectivity index (χ3n) is 3.10. The molecule has 0 radical (unpaired) electrons. The Morgan fingerprint density at radius 2 is 2.19 bits per heavy atom. The first-order chi connectivity index (χ1) is 10.0. The summed E-state index contributed by atoms with van der Waals surface area (Å²) in [7, 11) is 1.83. The quantitative estimate of drug-likeness (QED) is 0.760. The van der Waals surface area contributed by atoms with Gasteiger partial charge in [-0.15, -0.1) is 5.10 Å². The standard InChI is InChI=1S/C14H21N5O2/c1-5-21-14(20)12-13(11-8-15-18(4)9-11)19(17-16-12)7-6-10(2)3/h8-10H,5-7H2,1-4H3. The summed E-state index contributed by atoms with van der Waals surface area (Å²) in [6, 6.07) is 0. The van der Waals surface area contributed by atoms with Crippen molar-refractivity contribution in [3.63, 3.8) is 0 Å². The maximum atomic E-state index is 12.0. The first kappa shape index (κ1) is 15.2. The van der Waals surface area contributed by atoms with E-state index in [-0.39, 0.29) is 5.69 Å². The lowest BCUT2D eigenvalue weighted by atomic mass is 10.1. The first-order valence-electron chi connectivity index (χ1n) is 7.12. The molecule has 0 aliphatic heterocycles. The van der Waals surface area contributed by atoms with Gasteiger partial charge in [0, 0.05) is 25.4 Å². The van der Waals surface area contributed by atoms with Gasteiger partial charge in [-0.25, -0.2) is 9.48 Å². The Morgan fingerprint density at radius 3 is 2.76 bits per heavy atom. The van der Waals surface area contributed by atoms with Crippen LogP contribution in [0.5, 0.6) is 0 Å². The molecule has 0 unspecified atom stereocenters. The lowest BCUT2D eigenvalue weighted by molar-refractivity contribution is 0.0520. The van der Waals surface area contributed by atoms with Gasteiger partial charge in [0.1, 0.15) is 5.69 Å². The Balaban J connectivity index is 2.40. The number of hydrogen-bond donors (Lipinski definition) is 0. The predicted octanol–water partition coefficient (Wildman–Crippen LogP) is 1.90. The average molecular weight is 291 g/mol. The molecule has 7 heteroatoms. The van der Waals surface area contributed by atoms with Crippen LogP contribution in [0.1, 0.15) is 37.7 Å². The highest BCUT2D eigenvalue weighted by Crippen LogP contribution is 2.23. The van der Waals surface area contributed by atoms with Gasteiger partial charge < -0.3 is 4.74 Å². The van der Waals surface area contributed by atoms with E-state index in [1.165, 1.54) is 0 Å². The molecule has 0 aliphatic carbocycles. The maximum Gasteiger partial charge on any atom is 0.361 e. The predicted molar refractivity (Wildman–Crippen MR) is 77.6 cm³/mol. The van der Waals surface area contributed by atoms with Gasteiger partial charge in [0.05, 0.1) is 12.8 Å². The second-order valence-electron chi connectivity index (χ2n) is 5.32. The van der Waals surface area contributed by atoms with E-state index >= 15 is 0 Å². The molecule has 21 heavy (non-hydrogen) atoms. The Labute approximate surface area is 123 Å². The minimum absolute atomic E-state index is 0.244. The normalized spacial score (nSPS) is 11.1. The van der Waals surface area contributed by atoms with Crippen LogP contribution < -0.4 is 0 Å². The van der Waals surface area contributed by atoms with Crippen molar-refractivity contribution in [3.8, 4) is 11.3 Å². The van der Waals surface area contributed by atoms with Crippen LogP contribution in [0.25, 0.3) is 11.3 Å². The lowest BCUT2D eigenvalue weighted by Crippen LogP contribution is -2.09. The number of aromatic nitrogens is 5. The molecule has 0 saturated carbocycles. The fourth-order valence-corrected chi connectivity index (χ4v) is 2.02.